The number of methoxy groups -OCH3 is 1. The number of benzene rings is 3. The molecule has 4 aromatic rings. The number of hydrogen-bond acceptors (Lipinski definition) is 4. The van der Waals surface area contributed by atoms with E-state index in [9.17, 15) is 14.7 Å². The van der Waals surface area contributed by atoms with Crippen molar-refractivity contribution in [2.45, 2.75) is 0 Å². The zero-order valence-corrected chi connectivity index (χ0v) is 17.3. The number of nitrogens with zero attached hydrogens (tertiary/aromatic N) is 1. The predicted molar refractivity (Wildman–Crippen MR) is 123 cm³/mol. The molecule has 0 aliphatic rings. The SMILES string of the molecule is COc1ccc(-c2ccc(C(=O)O)c(NC(=O)c3cncc(-c4ccccc4)c3)c2)cc1. The Labute approximate surface area is 185 Å². The van der Waals surface area contributed by atoms with E-state index in [1.807, 2.05) is 54.6 Å². The lowest BCUT2D eigenvalue weighted by atomic mass is 10.0. The van der Waals surface area contributed by atoms with Crippen LogP contribution in [0.4, 0.5) is 5.69 Å². The maximum absolute atomic E-state index is 12.9. The smallest absolute Gasteiger partial charge is 0.337 e. The van der Waals surface area contributed by atoms with Crippen molar-refractivity contribution in [2.24, 2.45) is 0 Å². The molecule has 1 aromatic heterocycles. The van der Waals surface area contributed by atoms with E-state index in [0.29, 0.717) is 5.56 Å². The van der Waals surface area contributed by atoms with Crippen LogP contribution in [0.2, 0.25) is 0 Å². The van der Waals surface area contributed by atoms with Crippen LogP contribution in [0.3, 0.4) is 0 Å². The number of carboxylic acids is 1. The molecule has 2 N–H and O–H groups in total. The van der Waals surface area contributed by atoms with E-state index >= 15 is 0 Å². The van der Waals surface area contributed by atoms with Crippen LogP contribution in [0.5, 0.6) is 5.75 Å². The van der Waals surface area contributed by atoms with Crippen LogP contribution in [0.25, 0.3) is 22.3 Å². The third-order valence-electron chi connectivity index (χ3n) is 5.03. The van der Waals surface area contributed by atoms with Crippen molar-refractivity contribution >= 4 is 17.6 Å². The Morgan fingerprint density at radius 3 is 2.19 bits per heavy atom. The lowest BCUT2D eigenvalue weighted by Gasteiger charge is -2.12. The summed E-state index contributed by atoms with van der Waals surface area (Å²) in [7, 11) is 1.59. The first-order chi connectivity index (χ1) is 15.5. The number of carbonyl (C=O) groups is 2. The zero-order chi connectivity index (χ0) is 22.5. The average Bonchev–Trinajstić information content (AvgIpc) is 2.84. The monoisotopic (exact) mass is 424 g/mol. The molecule has 158 valence electrons. The van der Waals surface area contributed by atoms with Crippen molar-refractivity contribution in [1.29, 1.82) is 0 Å². The van der Waals surface area contributed by atoms with Gasteiger partial charge in [0.25, 0.3) is 5.91 Å². The Morgan fingerprint density at radius 1 is 0.812 bits per heavy atom. The van der Waals surface area contributed by atoms with Gasteiger partial charge in [0.2, 0.25) is 0 Å². The Kier molecular flexibility index (Phi) is 5.94. The number of hydrogen-bond donors (Lipinski definition) is 2. The summed E-state index contributed by atoms with van der Waals surface area (Å²) < 4.78 is 5.18. The second-order valence-electron chi connectivity index (χ2n) is 7.08. The number of carbonyl (C=O) groups excluding carboxylic acids is 1. The molecular formula is C26H20N2O4. The molecule has 6 nitrogen and oxygen atoms in total. The Bertz CT molecular complexity index is 1270. The molecular weight excluding hydrogens is 404 g/mol. The number of aromatic carboxylic acids is 1. The summed E-state index contributed by atoms with van der Waals surface area (Å²) >= 11 is 0. The Morgan fingerprint density at radius 2 is 1.50 bits per heavy atom. The standard InChI is InChI=1S/C26H20N2O4/c1-32-22-10-7-18(8-11-22)19-9-12-23(26(30)31)24(14-19)28-25(29)21-13-20(15-27-16-21)17-5-3-2-4-6-17/h2-16H,1H3,(H,28,29)(H,30,31). The van der Waals surface area contributed by atoms with Crippen molar-refractivity contribution < 1.29 is 19.4 Å². The maximum Gasteiger partial charge on any atom is 0.337 e. The maximum atomic E-state index is 12.9. The Balaban J connectivity index is 1.65. The van der Waals surface area contributed by atoms with Crippen LogP contribution >= 0.6 is 0 Å². The first-order valence-electron chi connectivity index (χ1n) is 9.89. The molecule has 0 saturated carbocycles. The lowest BCUT2D eigenvalue weighted by Crippen LogP contribution is -2.15. The van der Waals surface area contributed by atoms with Gasteiger partial charge in [0.15, 0.2) is 0 Å². The summed E-state index contributed by atoms with van der Waals surface area (Å²) in [6.07, 6.45) is 3.13. The van der Waals surface area contributed by atoms with Crippen molar-refractivity contribution in [3.63, 3.8) is 0 Å². The lowest BCUT2D eigenvalue weighted by molar-refractivity contribution is 0.0698. The van der Waals surface area contributed by atoms with Crippen molar-refractivity contribution in [3.8, 4) is 28.0 Å². The molecule has 0 bridgehead atoms. The quantitative estimate of drug-likeness (QED) is 0.434. The molecule has 0 aliphatic heterocycles. The van der Waals surface area contributed by atoms with Crippen LogP contribution in [0, 0.1) is 0 Å². The molecule has 1 heterocycles. The highest BCUT2D eigenvalue weighted by molar-refractivity contribution is 6.08. The number of ether oxygens (including phenoxy) is 1. The van der Waals surface area contributed by atoms with Gasteiger partial charge in [-0.05, 0) is 47.0 Å². The third-order valence-corrected chi connectivity index (χ3v) is 5.03. The highest BCUT2D eigenvalue weighted by atomic mass is 16.5. The van der Waals surface area contributed by atoms with E-state index in [1.54, 1.807) is 31.5 Å². The van der Waals surface area contributed by atoms with Crippen molar-refractivity contribution in [3.05, 3.63) is 102 Å². The van der Waals surface area contributed by atoms with E-state index in [-0.39, 0.29) is 11.3 Å². The van der Waals surface area contributed by atoms with E-state index in [0.717, 1.165) is 28.0 Å². The highest BCUT2D eigenvalue weighted by Gasteiger charge is 2.16. The summed E-state index contributed by atoms with van der Waals surface area (Å²) in [5.41, 5.74) is 3.91. The number of aromatic nitrogens is 1. The average molecular weight is 424 g/mol. The van der Waals surface area contributed by atoms with Gasteiger partial charge in [0.05, 0.1) is 23.9 Å². The largest absolute Gasteiger partial charge is 0.497 e. The fourth-order valence-corrected chi connectivity index (χ4v) is 3.34. The summed E-state index contributed by atoms with van der Waals surface area (Å²) in [6, 6.07) is 23.5. The van der Waals surface area contributed by atoms with Crippen LogP contribution < -0.4 is 10.1 Å². The number of anilines is 1. The van der Waals surface area contributed by atoms with Crippen LogP contribution in [0.15, 0.2) is 91.3 Å². The number of amides is 1. The van der Waals surface area contributed by atoms with Gasteiger partial charge >= 0.3 is 5.97 Å². The molecule has 6 heteroatoms. The summed E-state index contributed by atoms with van der Waals surface area (Å²) in [5, 5.41) is 12.3. The second kappa shape index (κ2) is 9.14. The summed E-state index contributed by atoms with van der Waals surface area (Å²) in [4.78, 5) is 28.8. The third kappa shape index (κ3) is 4.49. The zero-order valence-electron chi connectivity index (χ0n) is 17.3. The van der Waals surface area contributed by atoms with Crippen LogP contribution in [-0.4, -0.2) is 29.1 Å². The first-order valence-corrected chi connectivity index (χ1v) is 9.89. The molecule has 0 spiro atoms. The van der Waals surface area contributed by atoms with Gasteiger partial charge in [-0.25, -0.2) is 4.79 Å². The molecule has 0 saturated heterocycles. The van der Waals surface area contributed by atoms with E-state index < -0.39 is 11.9 Å². The molecule has 1 amide bonds. The Hall–Kier alpha value is -4.45. The van der Waals surface area contributed by atoms with E-state index in [4.69, 9.17) is 4.74 Å². The molecule has 0 atom stereocenters. The van der Waals surface area contributed by atoms with Gasteiger partial charge < -0.3 is 15.2 Å². The van der Waals surface area contributed by atoms with E-state index in [1.165, 1.54) is 12.3 Å². The van der Waals surface area contributed by atoms with Gasteiger partial charge in [-0.2, -0.15) is 0 Å². The molecule has 32 heavy (non-hydrogen) atoms. The number of carboxylic acid groups (broad SMARTS) is 1. The fraction of sp³-hybridized carbons (Fsp3) is 0.0385. The van der Waals surface area contributed by atoms with Gasteiger partial charge in [0.1, 0.15) is 5.75 Å². The van der Waals surface area contributed by atoms with Crippen LogP contribution in [0.1, 0.15) is 20.7 Å². The molecule has 3 aromatic carbocycles. The predicted octanol–water partition coefficient (Wildman–Crippen LogP) is 5.37. The van der Waals surface area contributed by atoms with Crippen molar-refractivity contribution in [2.75, 3.05) is 12.4 Å². The molecule has 0 unspecified atom stereocenters. The van der Waals surface area contributed by atoms with E-state index in [2.05, 4.69) is 10.3 Å². The molecule has 0 radical (unpaired) electrons. The van der Waals surface area contributed by atoms with Gasteiger partial charge in [-0.1, -0.05) is 48.5 Å². The fourth-order valence-electron chi connectivity index (χ4n) is 3.34. The first kappa shape index (κ1) is 20.8. The summed E-state index contributed by atoms with van der Waals surface area (Å²) in [6.45, 7) is 0. The van der Waals surface area contributed by atoms with Gasteiger partial charge in [-0.3, -0.25) is 9.78 Å². The minimum Gasteiger partial charge on any atom is -0.497 e. The van der Waals surface area contributed by atoms with Gasteiger partial charge in [-0.15, -0.1) is 0 Å². The van der Waals surface area contributed by atoms with Crippen LogP contribution in [-0.2, 0) is 0 Å². The second-order valence-corrected chi connectivity index (χ2v) is 7.08. The minimum atomic E-state index is -1.13. The normalized spacial score (nSPS) is 10.4. The minimum absolute atomic E-state index is 0.00258. The molecule has 4 rings (SSSR count). The molecule has 0 fully saturated rings. The molecule has 0 aliphatic carbocycles. The number of pyridine rings is 1. The number of nitrogens with one attached hydrogen (secondary N) is 1. The van der Waals surface area contributed by atoms with Gasteiger partial charge in [0, 0.05) is 18.0 Å². The number of rotatable bonds is 6. The highest BCUT2D eigenvalue weighted by Crippen LogP contribution is 2.28. The van der Waals surface area contributed by atoms with Crippen molar-refractivity contribution in [1.82, 2.24) is 4.98 Å². The summed E-state index contributed by atoms with van der Waals surface area (Å²) in [5.74, 6) is -0.849. The topological polar surface area (TPSA) is 88.5 Å².